The quantitative estimate of drug-likeness (QED) is 0.822. The summed E-state index contributed by atoms with van der Waals surface area (Å²) < 4.78 is 12.9. The summed E-state index contributed by atoms with van der Waals surface area (Å²) in [6.45, 7) is 4.08. The van der Waals surface area contributed by atoms with Crippen LogP contribution < -0.4 is 10.6 Å². The number of rotatable bonds is 1. The van der Waals surface area contributed by atoms with Crippen molar-refractivity contribution in [3.8, 4) is 0 Å². The van der Waals surface area contributed by atoms with E-state index in [4.69, 9.17) is 5.73 Å². The lowest BCUT2D eigenvalue weighted by Crippen LogP contribution is -2.34. The van der Waals surface area contributed by atoms with Crippen molar-refractivity contribution in [2.24, 2.45) is 5.92 Å². The van der Waals surface area contributed by atoms with E-state index in [0.717, 1.165) is 38.0 Å². The van der Waals surface area contributed by atoms with E-state index in [1.165, 1.54) is 0 Å². The van der Waals surface area contributed by atoms with Gasteiger partial charge in [0, 0.05) is 13.1 Å². The second-order valence-corrected chi connectivity index (χ2v) is 4.07. The average molecular weight is 247 g/mol. The predicted molar refractivity (Wildman–Crippen MR) is 64.3 cm³/mol. The summed E-state index contributed by atoms with van der Waals surface area (Å²) in [7, 11) is 0. The third-order valence-electron chi connectivity index (χ3n) is 2.82. The molecule has 1 aliphatic heterocycles. The number of anilines is 2. The van der Waals surface area contributed by atoms with Crippen LogP contribution in [0.4, 0.5) is 16.2 Å². The number of piperidine rings is 1. The summed E-state index contributed by atoms with van der Waals surface area (Å²) in [6, 6.07) is 0. The van der Waals surface area contributed by atoms with Crippen molar-refractivity contribution in [2.45, 2.75) is 19.8 Å². The fourth-order valence-corrected chi connectivity index (χ4v) is 1.73. The van der Waals surface area contributed by atoms with Gasteiger partial charge in [-0.1, -0.05) is 6.92 Å². The largest absolute Gasteiger partial charge is 0.381 e. The number of halogens is 2. The van der Waals surface area contributed by atoms with Gasteiger partial charge < -0.3 is 10.6 Å². The van der Waals surface area contributed by atoms with Gasteiger partial charge in [0.15, 0.2) is 11.6 Å². The molecule has 0 radical (unpaired) electrons. The van der Waals surface area contributed by atoms with Gasteiger partial charge in [-0.3, -0.25) is 0 Å². The van der Waals surface area contributed by atoms with E-state index < -0.39 is 5.82 Å². The summed E-state index contributed by atoms with van der Waals surface area (Å²) in [6.07, 6.45) is 3.39. The Balaban J connectivity index is 0.00000128. The molecule has 1 aliphatic rings. The van der Waals surface area contributed by atoms with Gasteiger partial charge in [-0.15, -0.1) is 12.4 Å². The highest BCUT2D eigenvalue weighted by Crippen LogP contribution is 2.20. The van der Waals surface area contributed by atoms with Crippen LogP contribution >= 0.6 is 12.4 Å². The van der Waals surface area contributed by atoms with Crippen molar-refractivity contribution in [3.63, 3.8) is 0 Å². The molecule has 0 aromatic carbocycles. The summed E-state index contributed by atoms with van der Waals surface area (Å²) >= 11 is 0. The number of nitrogens with zero attached hydrogens (tertiary/aromatic N) is 3. The molecule has 1 aromatic heterocycles. The van der Waals surface area contributed by atoms with Crippen molar-refractivity contribution < 1.29 is 4.39 Å². The molecule has 1 fully saturated rings. The fraction of sp³-hybridized carbons (Fsp3) is 0.600. The molecule has 0 amide bonds. The van der Waals surface area contributed by atoms with Crippen LogP contribution in [0.15, 0.2) is 6.20 Å². The van der Waals surface area contributed by atoms with Gasteiger partial charge in [-0.2, -0.15) is 4.98 Å². The van der Waals surface area contributed by atoms with Crippen molar-refractivity contribution >= 4 is 24.2 Å². The zero-order chi connectivity index (χ0) is 10.8. The fourth-order valence-electron chi connectivity index (χ4n) is 1.73. The van der Waals surface area contributed by atoms with Crippen LogP contribution in [0.3, 0.4) is 0 Å². The van der Waals surface area contributed by atoms with Crippen molar-refractivity contribution in [1.29, 1.82) is 0 Å². The van der Waals surface area contributed by atoms with E-state index in [9.17, 15) is 4.39 Å². The second-order valence-electron chi connectivity index (χ2n) is 4.07. The molecule has 16 heavy (non-hydrogen) atoms. The molecule has 1 aromatic rings. The number of hydrogen-bond acceptors (Lipinski definition) is 4. The summed E-state index contributed by atoms with van der Waals surface area (Å²) in [5, 5.41) is 0. The predicted octanol–water partition coefficient (Wildman–Crippen LogP) is 1.86. The molecule has 4 nitrogen and oxygen atoms in total. The van der Waals surface area contributed by atoms with Crippen molar-refractivity contribution in [1.82, 2.24) is 9.97 Å². The lowest BCUT2D eigenvalue weighted by Gasteiger charge is -2.30. The summed E-state index contributed by atoms with van der Waals surface area (Å²) in [5.41, 5.74) is 5.40. The topological polar surface area (TPSA) is 55.0 Å². The third kappa shape index (κ3) is 2.72. The first kappa shape index (κ1) is 13.0. The maximum Gasteiger partial charge on any atom is 0.227 e. The monoisotopic (exact) mass is 246 g/mol. The zero-order valence-corrected chi connectivity index (χ0v) is 10.0. The first-order chi connectivity index (χ1) is 7.16. The van der Waals surface area contributed by atoms with E-state index in [1.54, 1.807) is 0 Å². The van der Waals surface area contributed by atoms with Crippen molar-refractivity contribution in [2.75, 3.05) is 23.7 Å². The first-order valence-corrected chi connectivity index (χ1v) is 5.20. The highest BCUT2D eigenvalue weighted by atomic mass is 35.5. The first-order valence-electron chi connectivity index (χ1n) is 5.20. The Kier molecular flexibility index (Phi) is 4.29. The summed E-state index contributed by atoms with van der Waals surface area (Å²) in [5.74, 6) is 0.669. The number of hydrogen-bond donors (Lipinski definition) is 1. The summed E-state index contributed by atoms with van der Waals surface area (Å²) in [4.78, 5) is 9.94. The van der Waals surface area contributed by atoms with Gasteiger partial charge >= 0.3 is 0 Å². The van der Waals surface area contributed by atoms with Crippen LogP contribution in [0.1, 0.15) is 19.8 Å². The molecule has 90 valence electrons. The Morgan fingerprint density at radius 2 is 2.06 bits per heavy atom. The van der Waals surface area contributed by atoms with Crippen LogP contribution in [0, 0.1) is 11.7 Å². The van der Waals surface area contributed by atoms with Gasteiger partial charge in [0.1, 0.15) is 0 Å². The minimum atomic E-state index is -0.552. The third-order valence-corrected chi connectivity index (χ3v) is 2.82. The maximum absolute atomic E-state index is 12.9. The highest BCUT2D eigenvalue weighted by Gasteiger charge is 2.18. The van der Waals surface area contributed by atoms with Gasteiger partial charge in [0.2, 0.25) is 5.95 Å². The molecule has 0 aliphatic carbocycles. The molecular formula is C10H16ClFN4. The molecule has 0 saturated carbocycles. The molecule has 2 rings (SSSR count). The van der Waals surface area contributed by atoms with Crippen molar-refractivity contribution in [3.05, 3.63) is 12.0 Å². The number of nitrogens with two attached hydrogens (primary N) is 1. The standard InChI is InChI=1S/C10H15FN4.ClH/c1-7-2-4-15(5-3-7)10-13-6-8(11)9(12)14-10;/h6-7H,2-5H2,1H3,(H2,12,13,14);1H. The maximum atomic E-state index is 12.9. The average Bonchev–Trinajstić information content (AvgIpc) is 2.23. The van der Waals surface area contributed by atoms with E-state index in [-0.39, 0.29) is 18.2 Å². The lowest BCUT2D eigenvalue weighted by molar-refractivity contribution is 0.434. The van der Waals surface area contributed by atoms with Crippen LogP contribution in [0.25, 0.3) is 0 Å². The van der Waals surface area contributed by atoms with Crippen LogP contribution in [0.5, 0.6) is 0 Å². The normalized spacial score (nSPS) is 17.0. The lowest BCUT2D eigenvalue weighted by atomic mass is 10.00. The zero-order valence-electron chi connectivity index (χ0n) is 9.19. The van der Waals surface area contributed by atoms with Crippen LogP contribution in [-0.2, 0) is 0 Å². The molecule has 0 unspecified atom stereocenters. The molecule has 0 bridgehead atoms. The minimum Gasteiger partial charge on any atom is -0.381 e. The molecule has 2 N–H and O–H groups in total. The van der Waals surface area contributed by atoms with E-state index in [0.29, 0.717) is 5.95 Å². The van der Waals surface area contributed by atoms with Gasteiger partial charge in [0.25, 0.3) is 0 Å². The minimum absolute atomic E-state index is 0. The van der Waals surface area contributed by atoms with E-state index in [1.807, 2.05) is 0 Å². The molecule has 0 spiro atoms. The Hall–Kier alpha value is -1.10. The Morgan fingerprint density at radius 1 is 1.44 bits per heavy atom. The Labute approximate surface area is 100 Å². The molecule has 0 atom stereocenters. The SMILES string of the molecule is CC1CCN(c2ncc(F)c(N)n2)CC1.Cl. The number of aromatic nitrogens is 2. The Bertz CT molecular complexity index is 353. The van der Waals surface area contributed by atoms with Crippen LogP contribution in [-0.4, -0.2) is 23.1 Å². The molecule has 6 heteroatoms. The van der Waals surface area contributed by atoms with Gasteiger partial charge in [-0.05, 0) is 18.8 Å². The van der Waals surface area contributed by atoms with Gasteiger partial charge in [-0.25, -0.2) is 9.37 Å². The highest BCUT2D eigenvalue weighted by molar-refractivity contribution is 5.85. The van der Waals surface area contributed by atoms with Crippen LogP contribution in [0.2, 0.25) is 0 Å². The molecular weight excluding hydrogens is 231 g/mol. The van der Waals surface area contributed by atoms with E-state index >= 15 is 0 Å². The molecule has 2 heterocycles. The second kappa shape index (κ2) is 5.30. The number of nitrogen functional groups attached to an aromatic ring is 1. The molecule has 1 saturated heterocycles. The Morgan fingerprint density at radius 3 is 2.62 bits per heavy atom. The smallest absolute Gasteiger partial charge is 0.227 e. The van der Waals surface area contributed by atoms with E-state index in [2.05, 4.69) is 21.8 Å². The van der Waals surface area contributed by atoms with Gasteiger partial charge in [0.05, 0.1) is 6.20 Å².